The van der Waals surface area contributed by atoms with Crippen molar-refractivity contribution in [2.24, 2.45) is 0 Å². The lowest BCUT2D eigenvalue weighted by molar-refractivity contribution is 0.0930. The molecule has 31 heavy (non-hydrogen) atoms. The van der Waals surface area contributed by atoms with Gasteiger partial charge >= 0.3 is 0 Å². The summed E-state index contributed by atoms with van der Waals surface area (Å²) in [6.07, 6.45) is 5.06. The molecule has 2 unspecified atom stereocenters. The van der Waals surface area contributed by atoms with Gasteiger partial charge in [0.05, 0.1) is 23.1 Å². The van der Waals surface area contributed by atoms with Gasteiger partial charge in [-0.1, -0.05) is 6.92 Å². The van der Waals surface area contributed by atoms with E-state index < -0.39 is 0 Å². The highest BCUT2D eigenvalue weighted by molar-refractivity contribution is 7.13. The third-order valence-corrected chi connectivity index (χ3v) is 6.83. The Kier molecular flexibility index (Phi) is 6.53. The molecule has 0 spiro atoms. The molecular formula is C24H30N4O2S. The van der Waals surface area contributed by atoms with Crippen LogP contribution in [-0.2, 0) is 11.3 Å². The Morgan fingerprint density at radius 1 is 1.39 bits per heavy atom. The van der Waals surface area contributed by atoms with Crippen molar-refractivity contribution in [1.29, 1.82) is 0 Å². The molecule has 1 amide bonds. The lowest BCUT2D eigenvalue weighted by Gasteiger charge is -2.16. The Labute approximate surface area is 187 Å². The van der Waals surface area contributed by atoms with E-state index in [0.29, 0.717) is 5.56 Å². The molecule has 1 fully saturated rings. The van der Waals surface area contributed by atoms with Gasteiger partial charge in [-0.3, -0.25) is 9.78 Å². The van der Waals surface area contributed by atoms with Crippen molar-refractivity contribution < 1.29 is 9.53 Å². The number of nitrogens with one attached hydrogen (secondary N) is 1. The number of nitrogens with zero attached hydrogens (tertiary/aromatic N) is 3. The first-order valence-corrected chi connectivity index (χ1v) is 11.9. The second kappa shape index (κ2) is 9.32. The number of ether oxygens (including phenoxy) is 1. The quantitative estimate of drug-likeness (QED) is 0.564. The number of carbonyl (C=O) groups is 1. The molecule has 2 atom stereocenters. The Morgan fingerprint density at radius 3 is 2.90 bits per heavy atom. The van der Waals surface area contributed by atoms with Crippen molar-refractivity contribution >= 4 is 17.2 Å². The second-order valence-corrected chi connectivity index (χ2v) is 9.14. The van der Waals surface area contributed by atoms with Crippen molar-refractivity contribution in [2.45, 2.75) is 65.6 Å². The Balaban J connectivity index is 1.70. The van der Waals surface area contributed by atoms with Crippen LogP contribution in [0.5, 0.6) is 0 Å². The number of carbonyl (C=O) groups excluding carboxylic acids is 1. The summed E-state index contributed by atoms with van der Waals surface area (Å²) in [5.74, 6) is -0.0302. The van der Waals surface area contributed by atoms with E-state index in [0.717, 1.165) is 65.8 Å². The summed E-state index contributed by atoms with van der Waals surface area (Å²) < 4.78 is 8.09. The van der Waals surface area contributed by atoms with E-state index in [4.69, 9.17) is 9.72 Å². The maximum absolute atomic E-state index is 12.9. The van der Waals surface area contributed by atoms with Crippen LogP contribution in [0.15, 0.2) is 29.8 Å². The molecule has 0 aliphatic carbocycles. The van der Waals surface area contributed by atoms with Gasteiger partial charge in [0.1, 0.15) is 5.01 Å². The maximum Gasteiger partial charge on any atom is 0.253 e. The number of amides is 1. The Bertz CT molecular complexity index is 1050. The molecule has 7 heteroatoms. The van der Waals surface area contributed by atoms with Gasteiger partial charge in [-0.2, -0.15) is 0 Å². The average Bonchev–Trinajstić information content (AvgIpc) is 3.50. The van der Waals surface area contributed by atoms with E-state index >= 15 is 0 Å². The van der Waals surface area contributed by atoms with Gasteiger partial charge in [0.25, 0.3) is 5.91 Å². The molecule has 1 aliphatic heterocycles. The molecular weight excluding hydrogens is 408 g/mol. The highest BCUT2D eigenvalue weighted by Gasteiger charge is 2.24. The van der Waals surface area contributed by atoms with Crippen molar-refractivity contribution in [2.75, 3.05) is 6.61 Å². The first kappa shape index (κ1) is 21.7. The monoisotopic (exact) mass is 438 g/mol. The molecule has 0 radical (unpaired) electrons. The topological polar surface area (TPSA) is 69.0 Å². The minimum atomic E-state index is -0.0302. The van der Waals surface area contributed by atoms with E-state index in [2.05, 4.69) is 27.2 Å². The SMILES string of the molecule is CCC(C)NC(=O)c1cc(-c2csc(-c3ccc(C)nc3)n2)n(CC2CCCO2)c1C. The van der Waals surface area contributed by atoms with Gasteiger partial charge in [0.15, 0.2) is 0 Å². The lowest BCUT2D eigenvalue weighted by atomic mass is 10.2. The summed E-state index contributed by atoms with van der Waals surface area (Å²) in [6, 6.07) is 6.16. The highest BCUT2D eigenvalue weighted by Crippen LogP contribution is 2.32. The van der Waals surface area contributed by atoms with Crippen LogP contribution in [0.1, 0.15) is 54.9 Å². The molecule has 1 aliphatic rings. The number of hydrogen-bond acceptors (Lipinski definition) is 5. The average molecular weight is 439 g/mol. The zero-order chi connectivity index (χ0) is 22.0. The number of aryl methyl sites for hydroxylation is 1. The zero-order valence-corrected chi connectivity index (χ0v) is 19.5. The number of aromatic nitrogens is 3. The molecule has 0 aromatic carbocycles. The summed E-state index contributed by atoms with van der Waals surface area (Å²) in [5.41, 5.74) is 5.50. The van der Waals surface area contributed by atoms with Crippen LogP contribution in [-0.4, -0.2) is 39.2 Å². The molecule has 4 rings (SSSR count). The lowest BCUT2D eigenvalue weighted by Crippen LogP contribution is -2.32. The van der Waals surface area contributed by atoms with Gasteiger partial charge in [-0.05, 0) is 58.2 Å². The van der Waals surface area contributed by atoms with E-state index in [1.165, 1.54) is 0 Å². The van der Waals surface area contributed by atoms with E-state index in [-0.39, 0.29) is 18.1 Å². The van der Waals surface area contributed by atoms with Crippen molar-refractivity contribution in [1.82, 2.24) is 19.9 Å². The summed E-state index contributed by atoms with van der Waals surface area (Å²) in [6.45, 7) is 9.63. The van der Waals surface area contributed by atoms with Crippen LogP contribution in [0.2, 0.25) is 0 Å². The molecule has 1 saturated heterocycles. The summed E-state index contributed by atoms with van der Waals surface area (Å²) >= 11 is 1.60. The number of hydrogen-bond donors (Lipinski definition) is 1. The standard InChI is InChI=1S/C24H30N4O2S/c1-5-15(2)26-23(29)20-11-22(28(17(20)4)13-19-7-6-10-30-19)21-14-31-24(27-21)18-9-8-16(3)25-12-18/h8-9,11-12,14-15,19H,5-7,10,13H2,1-4H3,(H,26,29). The normalized spacial score (nSPS) is 17.1. The van der Waals surface area contributed by atoms with Crippen LogP contribution >= 0.6 is 11.3 Å². The van der Waals surface area contributed by atoms with Gasteiger partial charge in [0, 0.05) is 47.7 Å². The maximum atomic E-state index is 12.9. The number of thiazole rings is 1. The fourth-order valence-corrected chi connectivity index (χ4v) is 4.64. The first-order chi connectivity index (χ1) is 15.0. The molecule has 0 saturated carbocycles. The van der Waals surface area contributed by atoms with E-state index in [1.807, 2.05) is 45.2 Å². The van der Waals surface area contributed by atoms with Crippen molar-refractivity contribution in [3.8, 4) is 22.0 Å². The van der Waals surface area contributed by atoms with Crippen molar-refractivity contribution in [3.05, 3.63) is 46.7 Å². The number of rotatable bonds is 7. The second-order valence-electron chi connectivity index (χ2n) is 8.28. The predicted molar refractivity (Wildman–Crippen MR) is 124 cm³/mol. The fourth-order valence-electron chi connectivity index (χ4n) is 3.84. The van der Waals surface area contributed by atoms with Crippen LogP contribution in [0.25, 0.3) is 22.0 Å². The minimum absolute atomic E-state index is 0.0302. The summed E-state index contributed by atoms with van der Waals surface area (Å²) in [5, 5.41) is 6.09. The molecule has 3 aromatic rings. The Hall–Kier alpha value is -2.51. The van der Waals surface area contributed by atoms with Crippen LogP contribution in [0.4, 0.5) is 0 Å². The van der Waals surface area contributed by atoms with E-state index in [1.54, 1.807) is 11.3 Å². The summed E-state index contributed by atoms with van der Waals surface area (Å²) in [4.78, 5) is 22.2. The molecule has 3 aromatic heterocycles. The smallest absolute Gasteiger partial charge is 0.253 e. The molecule has 164 valence electrons. The summed E-state index contributed by atoms with van der Waals surface area (Å²) in [7, 11) is 0. The van der Waals surface area contributed by atoms with Gasteiger partial charge in [-0.15, -0.1) is 11.3 Å². The predicted octanol–water partition coefficient (Wildman–Crippen LogP) is 5.00. The third kappa shape index (κ3) is 4.72. The fraction of sp³-hybridized carbons (Fsp3) is 0.458. The van der Waals surface area contributed by atoms with E-state index in [9.17, 15) is 4.79 Å². The molecule has 6 nitrogen and oxygen atoms in total. The van der Waals surface area contributed by atoms with Crippen LogP contribution < -0.4 is 5.32 Å². The molecule has 0 bridgehead atoms. The van der Waals surface area contributed by atoms with Crippen molar-refractivity contribution in [3.63, 3.8) is 0 Å². The van der Waals surface area contributed by atoms with Gasteiger partial charge in [-0.25, -0.2) is 4.98 Å². The van der Waals surface area contributed by atoms with Crippen LogP contribution in [0.3, 0.4) is 0 Å². The molecule has 1 N–H and O–H groups in total. The first-order valence-electron chi connectivity index (χ1n) is 11.0. The van der Waals surface area contributed by atoms with Crippen LogP contribution in [0, 0.1) is 13.8 Å². The zero-order valence-electron chi connectivity index (χ0n) is 18.6. The number of pyridine rings is 1. The van der Waals surface area contributed by atoms with Gasteiger partial charge in [0.2, 0.25) is 0 Å². The Morgan fingerprint density at radius 2 is 2.23 bits per heavy atom. The third-order valence-electron chi connectivity index (χ3n) is 5.94. The highest BCUT2D eigenvalue weighted by atomic mass is 32.1. The minimum Gasteiger partial charge on any atom is -0.376 e. The largest absolute Gasteiger partial charge is 0.376 e. The van der Waals surface area contributed by atoms with Gasteiger partial charge < -0.3 is 14.6 Å². The molecule has 4 heterocycles.